The van der Waals surface area contributed by atoms with Gasteiger partial charge < -0.3 is 5.11 Å². The molecule has 1 fully saturated rings. The lowest BCUT2D eigenvalue weighted by molar-refractivity contribution is 0.0941. The van der Waals surface area contributed by atoms with Crippen molar-refractivity contribution in [1.29, 1.82) is 0 Å². The Morgan fingerprint density at radius 2 is 2.29 bits per heavy atom. The predicted octanol–water partition coefficient (Wildman–Crippen LogP) is -0.520. The van der Waals surface area contributed by atoms with Crippen LogP contribution in [0.5, 0.6) is 0 Å². The summed E-state index contributed by atoms with van der Waals surface area (Å²) in [6.07, 6.45) is 3.32. The van der Waals surface area contributed by atoms with Gasteiger partial charge in [-0.3, -0.25) is 14.3 Å². The van der Waals surface area contributed by atoms with Gasteiger partial charge >= 0.3 is 5.69 Å². The maximum absolute atomic E-state index is 11.4. The molecule has 0 radical (unpaired) electrons. The zero-order valence-electron chi connectivity index (χ0n) is 7.64. The van der Waals surface area contributed by atoms with Crippen LogP contribution in [0.25, 0.3) is 0 Å². The minimum absolute atomic E-state index is 0.0457. The summed E-state index contributed by atoms with van der Waals surface area (Å²) in [5.74, 6) is 0.151. The lowest BCUT2D eigenvalue weighted by Crippen LogP contribution is -2.40. The molecule has 2 rings (SSSR count). The van der Waals surface area contributed by atoms with Crippen LogP contribution in [0.15, 0.2) is 21.9 Å². The molecule has 5 nitrogen and oxygen atoms in total. The molecule has 0 spiro atoms. The van der Waals surface area contributed by atoms with Crippen molar-refractivity contribution in [2.45, 2.75) is 18.9 Å². The van der Waals surface area contributed by atoms with Gasteiger partial charge in [-0.2, -0.15) is 0 Å². The molecule has 1 aliphatic carbocycles. The van der Waals surface area contributed by atoms with Crippen molar-refractivity contribution in [3.05, 3.63) is 33.1 Å². The first kappa shape index (κ1) is 9.21. The predicted molar refractivity (Wildman–Crippen MR) is 50.2 cm³/mol. The molecule has 14 heavy (non-hydrogen) atoms. The maximum Gasteiger partial charge on any atom is 0.328 e. The number of hydrogen-bond donors (Lipinski definition) is 2. The van der Waals surface area contributed by atoms with Crippen LogP contribution in [0.1, 0.15) is 18.9 Å². The third-order valence-electron chi connectivity index (χ3n) is 2.82. The molecule has 1 heterocycles. The first-order valence-electron chi connectivity index (χ1n) is 4.64. The zero-order chi connectivity index (χ0) is 10.1. The fourth-order valence-corrected chi connectivity index (χ4v) is 1.82. The van der Waals surface area contributed by atoms with E-state index in [1.165, 1.54) is 16.8 Å². The van der Waals surface area contributed by atoms with E-state index in [1.54, 1.807) is 0 Å². The van der Waals surface area contributed by atoms with Crippen LogP contribution < -0.4 is 11.2 Å². The molecule has 0 bridgehead atoms. The number of aromatic nitrogens is 2. The van der Waals surface area contributed by atoms with Gasteiger partial charge in [0.1, 0.15) is 0 Å². The summed E-state index contributed by atoms with van der Waals surface area (Å²) in [5.41, 5.74) is -0.772. The quantitative estimate of drug-likeness (QED) is 0.668. The highest BCUT2D eigenvalue weighted by Gasteiger charge is 2.32. The van der Waals surface area contributed by atoms with Crippen LogP contribution in [0.2, 0.25) is 0 Å². The van der Waals surface area contributed by atoms with Gasteiger partial charge in [0.15, 0.2) is 0 Å². The Morgan fingerprint density at radius 3 is 2.79 bits per heavy atom. The number of nitrogens with one attached hydrogen (secondary N) is 1. The van der Waals surface area contributed by atoms with Crippen molar-refractivity contribution in [1.82, 2.24) is 9.55 Å². The highest BCUT2D eigenvalue weighted by Crippen LogP contribution is 2.36. The Labute approximate surface area is 80.0 Å². The zero-order valence-corrected chi connectivity index (χ0v) is 7.64. The molecule has 76 valence electrons. The molecular weight excluding hydrogens is 184 g/mol. The molecule has 0 aromatic carbocycles. The molecule has 1 saturated carbocycles. The second-order valence-corrected chi connectivity index (χ2v) is 3.60. The molecular formula is C9H12N2O3. The summed E-state index contributed by atoms with van der Waals surface area (Å²) in [6.45, 7) is 0.0935. The van der Waals surface area contributed by atoms with E-state index in [0.717, 1.165) is 12.8 Å². The third kappa shape index (κ3) is 1.39. The number of aliphatic hydroxyl groups excluding tert-OH is 1. The van der Waals surface area contributed by atoms with Gasteiger partial charge in [-0.25, -0.2) is 4.79 Å². The molecule has 1 aromatic rings. The maximum atomic E-state index is 11.4. The molecule has 0 unspecified atom stereocenters. The lowest BCUT2D eigenvalue weighted by Gasteiger charge is -2.36. The second-order valence-electron chi connectivity index (χ2n) is 3.60. The standard InChI is InChI=1S/C9H12N2O3/c12-5-6-1-2-7(6)11-4-3-8(13)10-9(11)14/h3-4,6-7,12H,1-2,5H2,(H,10,13,14)/t6-,7-/m1/s1. The van der Waals surface area contributed by atoms with Crippen LogP contribution >= 0.6 is 0 Å². The van der Waals surface area contributed by atoms with Gasteiger partial charge in [0.05, 0.1) is 0 Å². The number of aromatic amines is 1. The molecule has 1 aliphatic rings. The first-order valence-corrected chi connectivity index (χ1v) is 4.64. The number of hydrogen-bond acceptors (Lipinski definition) is 3. The van der Waals surface area contributed by atoms with Gasteiger partial charge in [-0.15, -0.1) is 0 Å². The number of nitrogens with zero attached hydrogens (tertiary/aromatic N) is 1. The van der Waals surface area contributed by atoms with E-state index in [9.17, 15) is 9.59 Å². The molecule has 0 saturated heterocycles. The summed E-state index contributed by atoms with van der Waals surface area (Å²) in [7, 11) is 0. The molecule has 0 aliphatic heterocycles. The van der Waals surface area contributed by atoms with Crippen LogP contribution in [0, 0.1) is 5.92 Å². The second kappa shape index (κ2) is 3.42. The van der Waals surface area contributed by atoms with Gasteiger partial charge in [0.25, 0.3) is 5.56 Å². The molecule has 2 N–H and O–H groups in total. The van der Waals surface area contributed by atoms with Crippen molar-refractivity contribution in [3.8, 4) is 0 Å². The summed E-state index contributed by atoms with van der Waals surface area (Å²) in [6, 6.07) is 1.37. The number of H-pyrrole nitrogens is 1. The normalized spacial score (nSPS) is 25.8. The van der Waals surface area contributed by atoms with E-state index < -0.39 is 0 Å². The van der Waals surface area contributed by atoms with Crippen molar-refractivity contribution < 1.29 is 5.11 Å². The highest BCUT2D eigenvalue weighted by molar-refractivity contribution is 4.92. The molecule has 1 aromatic heterocycles. The summed E-state index contributed by atoms with van der Waals surface area (Å²) < 4.78 is 1.49. The Bertz CT molecular complexity index is 432. The van der Waals surface area contributed by atoms with Crippen molar-refractivity contribution in [2.24, 2.45) is 5.92 Å². The van der Waals surface area contributed by atoms with E-state index in [2.05, 4.69) is 4.98 Å². The van der Waals surface area contributed by atoms with E-state index in [-0.39, 0.29) is 29.8 Å². The van der Waals surface area contributed by atoms with E-state index in [1.807, 2.05) is 0 Å². The Hall–Kier alpha value is -1.36. The smallest absolute Gasteiger partial charge is 0.328 e. The fourth-order valence-electron chi connectivity index (χ4n) is 1.82. The molecule has 0 amide bonds. The van der Waals surface area contributed by atoms with E-state index in [4.69, 9.17) is 5.11 Å². The molecule has 5 heteroatoms. The largest absolute Gasteiger partial charge is 0.396 e. The van der Waals surface area contributed by atoms with E-state index >= 15 is 0 Å². The Morgan fingerprint density at radius 1 is 1.50 bits per heavy atom. The van der Waals surface area contributed by atoms with Crippen molar-refractivity contribution in [2.75, 3.05) is 6.61 Å². The molecule has 2 atom stereocenters. The summed E-state index contributed by atoms with van der Waals surface area (Å²) in [5, 5.41) is 8.98. The van der Waals surface area contributed by atoms with Crippen LogP contribution in [-0.4, -0.2) is 21.3 Å². The van der Waals surface area contributed by atoms with Crippen molar-refractivity contribution >= 4 is 0 Å². The van der Waals surface area contributed by atoms with Crippen LogP contribution in [-0.2, 0) is 0 Å². The minimum atomic E-state index is -0.388. The number of aliphatic hydroxyl groups is 1. The van der Waals surface area contributed by atoms with Gasteiger partial charge in [-0.05, 0) is 12.8 Å². The van der Waals surface area contributed by atoms with Crippen molar-refractivity contribution in [3.63, 3.8) is 0 Å². The average molecular weight is 196 g/mol. The van der Waals surface area contributed by atoms with Crippen LogP contribution in [0.3, 0.4) is 0 Å². The van der Waals surface area contributed by atoms with Crippen LogP contribution in [0.4, 0.5) is 0 Å². The topological polar surface area (TPSA) is 75.1 Å². The highest BCUT2D eigenvalue weighted by atomic mass is 16.3. The SMILES string of the molecule is O=c1ccn([C@@H]2CC[C@@H]2CO)c(=O)[nH]1. The lowest BCUT2D eigenvalue weighted by atomic mass is 9.80. The van der Waals surface area contributed by atoms with E-state index in [0.29, 0.717) is 0 Å². The Balaban J connectivity index is 2.33. The third-order valence-corrected chi connectivity index (χ3v) is 2.82. The first-order chi connectivity index (χ1) is 6.72. The van der Waals surface area contributed by atoms with Gasteiger partial charge in [0.2, 0.25) is 0 Å². The minimum Gasteiger partial charge on any atom is -0.396 e. The monoisotopic (exact) mass is 196 g/mol. The summed E-state index contributed by atoms with van der Waals surface area (Å²) in [4.78, 5) is 24.4. The summed E-state index contributed by atoms with van der Waals surface area (Å²) >= 11 is 0. The van der Waals surface area contributed by atoms with Gasteiger partial charge in [0, 0.05) is 30.8 Å². The number of rotatable bonds is 2. The Kier molecular flexibility index (Phi) is 2.25. The fraction of sp³-hybridized carbons (Fsp3) is 0.556. The van der Waals surface area contributed by atoms with Gasteiger partial charge in [-0.1, -0.05) is 0 Å². The average Bonchev–Trinajstić information content (AvgIpc) is 2.08.